The Balaban J connectivity index is 1.82. The predicted molar refractivity (Wildman–Crippen MR) is 83.3 cm³/mol. The normalized spacial score (nSPS) is 25.3. The number of aromatic amines is 1. The van der Waals surface area contributed by atoms with E-state index in [0.717, 1.165) is 25.6 Å². The Bertz CT molecular complexity index is 863. The van der Waals surface area contributed by atoms with Crippen molar-refractivity contribution in [2.45, 2.75) is 12.5 Å². The van der Waals surface area contributed by atoms with Gasteiger partial charge >= 0.3 is 5.69 Å². The number of nitrogens with one attached hydrogen (secondary N) is 1. The van der Waals surface area contributed by atoms with Gasteiger partial charge in [0.15, 0.2) is 11.2 Å². The molecule has 0 radical (unpaired) electrons. The van der Waals surface area contributed by atoms with Gasteiger partial charge in [-0.05, 0) is 25.9 Å². The summed E-state index contributed by atoms with van der Waals surface area (Å²) >= 11 is 0. The minimum Gasteiger partial charge on any atom is -0.340 e. The highest BCUT2D eigenvalue weighted by Crippen LogP contribution is 2.33. The van der Waals surface area contributed by atoms with Crippen LogP contribution in [0.25, 0.3) is 11.2 Å². The number of aromatic nitrogens is 4. The molecule has 2 aromatic heterocycles. The van der Waals surface area contributed by atoms with Crippen molar-refractivity contribution in [3.63, 3.8) is 0 Å². The summed E-state index contributed by atoms with van der Waals surface area (Å²) in [6, 6.07) is 0.557. The molecular formula is C14H20N6O2. The minimum atomic E-state index is -0.430. The Kier molecular flexibility index (Phi) is 2.75. The second-order valence-electron chi connectivity index (χ2n) is 6.46. The summed E-state index contributed by atoms with van der Waals surface area (Å²) < 4.78 is 3.19. The van der Waals surface area contributed by atoms with Crippen LogP contribution in [0.15, 0.2) is 9.59 Å². The average molecular weight is 304 g/mol. The van der Waals surface area contributed by atoms with E-state index in [1.807, 2.05) is 7.05 Å². The van der Waals surface area contributed by atoms with Crippen LogP contribution >= 0.6 is 0 Å². The topological polar surface area (TPSA) is 79.2 Å². The number of fused-ring (bicyclic) bond motifs is 2. The molecule has 0 unspecified atom stereocenters. The standard InChI is InChI=1S/C14H20N6O2/c1-17-5-4-8-6-20(7-9(8)17)13-15-11-10(18(13)2)12(21)16-14(22)19(11)3/h8-9H,4-7H2,1-3H3,(H,16,21,22)/t8-,9+/m0/s1. The molecule has 2 saturated heterocycles. The van der Waals surface area contributed by atoms with Crippen LogP contribution in [0.5, 0.6) is 0 Å². The first kappa shape index (κ1) is 13.6. The lowest BCUT2D eigenvalue weighted by atomic mass is 10.1. The average Bonchev–Trinajstić information content (AvgIpc) is 3.11. The molecule has 8 heteroatoms. The van der Waals surface area contributed by atoms with Crippen molar-refractivity contribution in [3.8, 4) is 0 Å². The number of hydrogen-bond donors (Lipinski definition) is 1. The fraction of sp³-hybridized carbons (Fsp3) is 0.643. The van der Waals surface area contributed by atoms with E-state index in [1.165, 1.54) is 11.0 Å². The molecule has 118 valence electrons. The first-order chi connectivity index (χ1) is 10.5. The summed E-state index contributed by atoms with van der Waals surface area (Å²) in [5.74, 6) is 1.43. The van der Waals surface area contributed by atoms with Gasteiger partial charge in [0, 0.05) is 33.2 Å². The summed E-state index contributed by atoms with van der Waals surface area (Å²) in [6.07, 6.45) is 1.21. The zero-order valence-corrected chi connectivity index (χ0v) is 13.0. The third kappa shape index (κ3) is 1.70. The van der Waals surface area contributed by atoms with Crippen molar-refractivity contribution in [3.05, 3.63) is 20.8 Å². The van der Waals surface area contributed by atoms with E-state index in [1.54, 1.807) is 11.6 Å². The summed E-state index contributed by atoms with van der Waals surface area (Å²) in [5.41, 5.74) is 0.0789. The molecule has 2 aliphatic heterocycles. The summed E-state index contributed by atoms with van der Waals surface area (Å²) in [5, 5.41) is 0. The van der Waals surface area contributed by atoms with Crippen molar-refractivity contribution in [2.24, 2.45) is 20.0 Å². The number of rotatable bonds is 1. The van der Waals surface area contributed by atoms with E-state index in [4.69, 9.17) is 0 Å². The maximum absolute atomic E-state index is 12.1. The highest BCUT2D eigenvalue weighted by molar-refractivity contribution is 5.74. The largest absolute Gasteiger partial charge is 0.340 e. The molecule has 22 heavy (non-hydrogen) atoms. The molecule has 0 saturated carbocycles. The van der Waals surface area contributed by atoms with Crippen LogP contribution < -0.4 is 16.1 Å². The van der Waals surface area contributed by atoms with Gasteiger partial charge in [-0.3, -0.25) is 14.3 Å². The fourth-order valence-corrected chi connectivity index (χ4v) is 3.92. The molecule has 0 aromatic carbocycles. The fourth-order valence-electron chi connectivity index (χ4n) is 3.92. The molecule has 0 bridgehead atoms. The molecule has 2 fully saturated rings. The SMILES string of the molecule is CN1CC[C@H]2CN(c3nc4c(c(=O)[nH]c(=O)n4C)n3C)C[C@H]21. The Morgan fingerprint density at radius 3 is 2.64 bits per heavy atom. The van der Waals surface area contributed by atoms with E-state index in [0.29, 0.717) is 23.1 Å². The number of likely N-dealkylation sites (tertiary alicyclic amines) is 1. The molecule has 4 rings (SSSR count). The van der Waals surface area contributed by atoms with Gasteiger partial charge in [0.05, 0.1) is 0 Å². The maximum atomic E-state index is 12.1. The third-order valence-corrected chi connectivity index (χ3v) is 5.22. The van der Waals surface area contributed by atoms with Crippen LogP contribution in [-0.4, -0.2) is 56.7 Å². The van der Waals surface area contributed by atoms with Crippen LogP contribution in [0.2, 0.25) is 0 Å². The van der Waals surface area contributed by atoms with Crippen molar-refractivity contribution in [1.29, 1.82) is 0 Å². The van der Waals surface area contributed by atoms with Crippen LogP contribution in [0.1, 0.15) is 6.42 Å². The van der Waals surface area contributed by atoms with Gasteiger partial charge in [0.25, 0.3) is 5.56 Å². The monoisotopic (exact) mass is 304 g/mol. The minimum absolute atomic E-state index is 0.379. The van der Waals surface area contributed by atoms with Crippen LogP contribution in [0.4, 0.5) is 5.95 Å². The van der Waals surface area contributed by atoms with Crippen molar-refractivity contribution in [1.82, 2.24) is 24.0 Å². The lowest BCUT2D eigenvalue weighted by Crippen LogP contribution is -2.33. The van der Waals surface area contributed by atoms with Crippen LogP contribution in [0, 0.1) is 5.92 Å². The summed E-state index contributed by atoms with van der Waals surface area (Å²) in [7, 11) is 5.63. The van der Waals surface area contributed by atoms with Gasteiger partial charge in [0.2, 0.25) is 5.95 Å². The molecule has 1 N–H and O–H groups in total. The van der Waals surface area contributed by atoms with E-state index < -0.39 is 5.69 Å². The Morgan fingerprint density at radius 1 is 1.14 bits per heavy atom. The lowest BCUT2D eigenvalue weighted by Gasteiger charge is -2.21. The van der Waals surface area contributed by atoms with Crippen molar-refractivity contribution in [2.75, 3.05) is 31.6 Å². The van der Waals surface area contributed by atoms with Gasteiger partial charge in [-0.25, -0.2) is 4.79 Å². The van der Waals surface area contributed by atoms with E-state index in [9.17, 15) is 9.59 Å². The second kappa shape index (κ2) is 4.45. The summed E-state index contributed by atoms with van der Waals surface area (Å²) in [6.45, 7) is 3.03. The molecule has 2 aromatic rings. The molecular weight excluding hydrogens is 284 g/mol. The van der Waals surface area contributed by atoms with Gasteiger partial charge in [-0.1, -0.05) is 0 Å². The number of aryl methyl sites for hydroxylation is 2. The first-order valence-electron chi connectivity index (χ1n) is 7.58. The number of hydrogen-bond acceptors (Lipinski definition) is 5. The van der Waals surface area contributed by atoms with Gasteiger partial charge in [-0.2, -0.15) is 4.98 Å². The molecule has 8 nitrogen and oxygen atoms in total. The second-order valence-corrected chi connectivity index (χ2v) is 6.46. The molecule has 2 atom stereocenters. The van der Waals surface area contributed by atoms with Gasteiger partial charge in [-0.15, -0.1) is 0 Å². The molecule has 0 amide bonds. The van der Waals surface area contributed by atoms with Gasteiger partial charge < -0.3 is 14.4 Å². The number of likely N-dealkylation sites (N-methyl/N-ethyl adjacent to an activating group) is 1. The van der Waals surface area contributed by atoms with Crippen LogP contribution in [0.3, 0.4) is 0 Å². The maximum Gasteiger partial charge on any atom is 0.329 e. The van der Waals surface area contributed by atoms with Crippen molar-refractivity contribution < 1.29 is 0 Å². The summed E-state index contributed by atoms with van der Waals surface area (Å²) in [4.78, 5) is 35.4. The molecule has 4 heterocycles. The lowest BCUT2D eigenvalue weighted by molar-refractivity contribution is 0.310. The zero-order chi connectivity index (χ0) is 15.6. The number of imidazole rings is 1. The van der Waals surface area contributed by atoms with E-state index >= 15 is 0 Å². The van der Waals surface area contributed by atoms with Crippen molar-refractivity contribution >= 4 is 17.1 Å². The highest BCUT2D eigenvalue weighted by atomic mass is 16.2. The zero-order valence-electron chi connectivity index (χ0n) is 13.0. The van der Waals surface area contributed by atoms with E-state index in [-0.39, 0.29) is 5.56 Å². The number of H-pyrrole nitrogens is 1. The quantitative estimate of drug-likeness (QED) is 0.739. The van der Waals surface area contributed by atoms with E-state index in [2.05, 4.69) is 26.8 Å². The smallest absolute Gasteiger partial charge is 0.329 e. The van der Waals surface area contributed by atoms with Crippen LogP contribution in [-0.2, 0) is 14.1 Å². The molecule has 2 aliphatic rings. The Hall–Kier alpha value is -2.09. The van der Waals surface area contributed by atoms with Gasteiger partial charge in [0.1, 0.15) is 0 Å². The molecule has 0 aliphatic carbocycles. The number of nitrogens with zero attached hydrogens (tertiary/aromatic N) is 5. The Morgan fingerprint density at radius 2 is 1.91 bits per heavy atom. The highest BCUT2D eigenvalue weighted by Gasteiger charge is 2.40. The Labute approximate surface area is 127 Å². The third-order valence-electron chi connectivity index (χ3n) is 5.22. The number of anilines is 1. The predicted octanol–water partition coefficient (Wildman–Crippen LogP) is -0.899. The molecule has 0 spiro atoms. The first-order valence-corrected chi connectivity index (χ1v) is 7.58.